The Balaban J connectivity index is 2.95. The third-order valence-electron chi connectivity index (χ3n) is 2.66. The van der Waals surface area contributed by atoms with Crippen LogP contribution in [-0.2, 0) is 9.59 Å². The molecule has 0 aliphatic carbocycles. The monoisotopic (exact) mass is 337 g/mol. The molecule has 0 aliphatic rings. The Hall–Kier alpha value is -1.76. The molecule has 0 radical (unpaired) electrons. The third kappa shape index (κ3) is 5.22. The van der Waals surface area contributed by atoms with Crippen LogP contribution in [0.1, 0.15) is 20.8 Å². The molecule has 1 aromatic carbocycles. The Morgan fingerprint density at radius 2 is 1.68 bits per heavy atom. The number of alkyl halides is 3. The van der Waals surface area contributed by atoms with Crippen molar-refractivity contribution < 1.29 is 27.5 Å². The van der Waals surface area contributed by atoms with Crippen LogP contribution in [0.15, 0.2) is 24.3 Å². The van der Waals surface area contributed by atoms with E-state index in [1.54, 1.807) is 0 Å². The summed E-state index contributed by atoms with van der Waals surface area (Å²) in [6.07, 6.45) is -4.68. The molecule has 0 aliphatic heterocycles. The summed E-state index contributed by atoms with van der Waals surface area (Å²) in [7, 11) is 0. The van der Waals surface area contributed by atoms with Gasteiger partial charge in [-0.1, -0.05) is 11.6 Å². The maximum atomic E-state index is 12.5. The predicted octanol–water partition coefficient (Wildman–Crippen LogP) is 3.43. The van der Waals surface area contributed by atoms with Gasteiger partial charge in [-0.05, 0) is 38.1 Å². The van der Waals surface area contributed by atoms with Crippen LogP contribution in [0.25, 0.3) is 0 Å². The smallest absolute Gasteiger partial charge is 0.406 e. The van der Waals surface area contributed by atoms with Gasteiger partial charge in [0.25, 0.3) is 5.91 Å². The number of benzene rings is 1. The maximum Gasteiger partial charge on any atom is 0.406 e. The first kappa shape index (κ1) is 18.3. The van der Waals surface area contributed by atoms with Gasteiger partial charge in [-0.2, -0.15) is 13.2 Å². The van der Waals surface area contributed by atoms with Gasteiger partial charge in [0, 0.05) is 11.9 Å². The Bertz CT molecular complexity index is 555. The molecule has 122 valence electrons. The van der Waals surface area contributed by atoms with Crippen LogP contribution in [0.4, 0.5) is 13.2 Å². The summed E-state index contributed by atoms with van der Waals surface area (Å²) in [6.45, 7) is 1.81. The zero-order chi connectivity index (χ0) is 17.1. The molecule has 8 heteroatoms. The second kappa shape index (κ2) is 6.56. The van der Waals surface area contributed by atoms with Gasteiger partial charge in [0.1, 0.15) is 12.3 Å². The van der Waals surface area contributed by atoms with Gasteiger partial charge in [-0.15, -0.1) is 0 Å². The molecule has 1 aromatic rings. The number of carbonyl (C=O) groups excluding carboxylic acids is 2. The van der Waals surface area contributed by atoms with Gasteiger partial charge in [0.05, 0.1) is 0 Å². The summed E-state index contributed by atoms with van der Waals surface area (Å²) >= 11 is 5.71. The molecule has 0 heterocycles. The Morgan fingerprint density at radius 1 is 1.18 bits per heavy atom. The highest BCUT2D eigenvalue weighted by molar-refractivity contribution is 6.30. The number of hydrogen-bond acceptors (Lipinski definition) is 3. The first-order valence-corrected chi connectivity index (χ1v) is 6.64. The van der Waals surface area contributed by atoms with Crippen molar-refractivity contribution >= 4 is 23.4 Å². The van der Waals surface area contributed by atoms with E-state index in [1.165, 1.54) is 38.1 Å². The molecule has 0 unspecified atom stereocenters. The molecular formula is C14H15ClF3NO3. The fourth-order valence-corrected chi connectivity index (χ4v) is 1.80. The zero-order valence-electron chi connectivity index (χ0n) is 12.2. The van der Waals surface area contributed by atoms with Gasteiger partial charge in [-0.3, -0.25) is 14.5 Å². The molecular weight excluding hydrogens is 323 g/mol. The number of imide groups is 1. The minimum Gasteiger partial charge on any atom is -0.478 e. The quantitative estimate of drug-likeness (QED) is 0.845. The fourth-order valence-electron chi connectivity index (χ4n) is 1.67. The number of rotatable bonds is 4. The lowest BCUT2D eigenvalue weighted by molar-refractivity contribution is -0.175. The van der Waals surface area contributed by atoms with Crippen molar-refractivity contribution in [3.05, 3.63) is 29.3 Å². The fraction of sp³-hybridized carbons (Fsp3) is 0.429. The highest BCUT2D eigenvalue weighted by Crippen LogP contribution is 2.24. The highest BCUT2D eigenvalue weighted by atomic mass is 35.5. The molecule has 0 saturated carbocycles. The van der Waals surface area contributed by atoms with E-state index in [0.717, 1.165) is 6.92 Å². The summed E-state index contributed by atoms with van der Waals surface area (Å²) in [5.74, 6) is -1.83. The van der Waals surface area contributed by atoms with Gasteiger partial charge < -0.3 is 4.74 Å². The van der Waals surface area contributed by atoms with Crippen LogP contribution in [0.5, 0.6) is 5.75 Å². The predicted molar refractivity (Wildman–Crippen MR) is 74.6 cm³/mol. The lowest BCUT2D eigenvalue weighted by atomic mass is 10.1. The lowest BCUT2D eigenvalue weighted by Gasteiger charge is -2.31. The van der Waals surface area contributed by atoms with Crippen LogP contribution < -0.4 is 4.74 Å². The van der Waals surface area contributed by atoms with E-state index in [1.807, 2.05) is 0 Å². The largest absolute Gasteiger partial charge is 0.478 e. The van der Waals surface area contributed by atoms with Crippen molar-refractivity contribution in [3.8, 4) is 5.75 Å². The summed E-state index contributed by atoms with van der Waals surface area (Å²) in [5, 5.41) is 0.443. The Kier molecular flexibility index (Phi) is 5.45. The maximum absolute atomic E-state index is 12.5. The van der Waals surface area contributed by atoms with Gasteiger partial charge in [0.15, 0.2) is 5.60 Å². The van der Waals surface area contributed by atoms with E-state index >= 15 is 0 Å². The lowest BCUT2D eigenvalue weighted by Crippen LogP contribution is -2.53. The van der Waals surface area contributed by atoms with Crippen LogP contribution in [0.2, 0.25) is 5.02 Å². The molecule has 1 rings (SSSR count). The van der Waals surface area contributed by atoms with Gasteiger partial charge in [0.2, 0.25) is 5.91 Å². The SMILES string of the molecule is CC(=O)N(CC(F)(F)F)C(=O)C(C)(C)Oc1ccc(Cl)cc1. The topological polar surface area (TPSA) is 46.6 Å². The second-order valence-corrected chi connectivity index (χ2v) is 5.53. The van der Waals surface area contributed by atoms with Crippen molar-refractivity contribution in [2.24, 2.45) is 0 Å². The normalized spacial score (nSPS) is 12.0. The van der Waals surface area contributed by atoms with E-state index in [0.29, 0.717) is 5.02 Å². The van der Waals surface area contributed by atoms with Crippen molar-refractivity contribution in [2.75, 3.05) is 6.54 Å². The van der Waals surface area contributed by atoms with Crippen molar-refractivity contribution in [3.63, 3.8) is 0 Å². The first-order chi connectivity index (χ1) is 9.92. The number of carbonyl (C=O) groups is 2. The number of ether oxygens (including phenoxy) is 1. The van der Waals surface area contributed by atoms with E-state index in [2.05, 4.69) is 0 Å². The van der Waals surface area contributed by atoms with Crippen LogP contribution in [0, 0.1) is 0 Å². The third-order valence-corrected chi connectivity index (χ3v) is 2.92. The molecule has 0 atom stereocenters. The molecule has 2 amide bonds. The van der Waals surface area contributed by atoms with Crippen LogP contribution >= 0.6 is 11.6 Å². The molecule has 0 aromatic heterocycles. The van der Waals surface area contributed by atoms with E-state index in [9.17, 15) is 22.8 Å². The van der Waals surface area contributed by atoms with E-state index < -0.39 is 30.1 Å². The van der Waals surface area contributed by atoms with E-state index in [4.69, 9.17) is 16.3 Å². The molecule has 4 nitrogen and oxygen atoms in total. The van der Waals surface area contributed by atoms with Gasteiger partial charge in [-0.25, -0.2) is 0 Å². The number of amides is 2. The summed E-state index contributed by atoms with van der Waals surface area (Å²) < 4.78 is 42.8. The van der Waals surface area contributed by atoms with Crippen molar-refractivity contribution in [2.45, 2.75) is 32.5 Å². The minimum absolute atomic E-state index is 0.121. The van der Waals surface area contributed by atoms with Crippen molar-refractivity contribution in [1.82, 2.24) is 4.90 Å². The minimum atomic E-state index is -4.68. The molecule has 22 heavy (non-hydrogen) atoms. The number of hydrogen-bond donors (Lipinski definition) is 0. The summed E-state index contributed by atoms with van der Waals surface area (Å²) in [5.41, 5.74) is -1.65. The zero-order valence-corrected chi connectivity index (χ0v) is 13.0. The number of nitrogens with zero attached hydrogens (tertiary/aromatic N) is 1. The standard InChI is InChI=1S/C14H15ClF3NO3/c1-9(20)19(8-14(16,17)18)12(21)13(2,3)22-11-6-4-10(15)5-7-11/h4-7H,8H2,1-3H3. The van der Waals surface area contributed by atoms with Crippen molar-refractivity contribution in [1.29, 1.82) is 0 Å². The van der Waals surface area contributed by atoms with Gasteiger partial charge >= 0.3 is 6.18 Å². The molecule has 0 fully saturated rings. The Labute approximate surface area is 130 Å². The van der Waals surface area contributed by atoms with E-state index in [-0.39, 0.29) is 10.6 Å². The van der Waals surface area contributed by atoms with Crippen LogP contribution in [-0.4, -0.2) is 35.0 Å². The highest BCUT2D eigenvalue weighted by Gasteiger charge is 2.41. The average Bonchev–Trinajstić information content (AvgIpc) is 2.36. The molecule has 0 saturated heterocycles. The summed E-state index contributed by atoms with van der Waals surface area (Å²) in [4.78, 5) is 23.7. The molecule has 0 N–H and O–H groups in total. The first-order valence-electron chi connectivity index (χ1n) is 6.26. The Morgan fingerprint density at radius 3 is 2.09 bits per heavy atom. The number of halogens is 4. The average molecular weight is 338 g/mol. The second-order valence-electron chi connectivity index (χ2n) is 5.09. The molecule has 0 bridgehead atoms. The van der Waals surface area contributed by atoms with Crippen LogP contribution in [0.3, 0.4) is 0 Å². The summed E-state index contributed by atoms with van der Waals surface area (Å²) in [6, 6.07) is 5.96. The molecule has 0 spiro atoms.